The van der Waals surface area contributed by atoms with Crippen LogP contribution in [-0.2, 0) is 6.54 Å². The van der Waals surface area contributed by atoms with Gasteiger partial charge in [-0.15, -0.1) is 0 Å². The zero-order valence-electron chi connectivity index (χ0n) is 7.88. The first kappa shape index (κ1) is 7.84. The topological polar surface area (TPSA) is 17.8 Å². The fourth-order valence-corrected chi connectivity index (χ4v) is 1.68. The smallest absolute Gasteiger partial charge is 0.0951 e. The van der Waals surface area contributed by atoms with Gasteiger partial charge in [0.2, 0.25) is 0 Å². The number of hydrogen-bond donors (Lipinski definition) is 0. The van der Waals surface area contributed by atoms with E-state index in [2.05, 4.69) is 23.4 Å². The van der Waals surface area contributed by atoms with Crippen molar-refractivity contribution in [2.75, 3.05) is 0 Å². The van der Waals surface area contributed by atoms with Gasteiger partial charge in [-0.2, -0.15) is 0 Å². The zero-order valence-corrected chi connectivity index (χ0v) is 7.88. The minimum atomic E-state index is 0.795. The summed E-state index contributed by atoms with van der Waals surface area (Å²) in [6.07, 6.45) is 5.89. The van der Waals surface area contributed by atoms with Gasteiger partial charge in [0.05, 0.1) is 12.0 Å². The van der Waals surface area contributed by atoms with E-state index in [4.69, 9.17) is 0 Å². The number of aromatic nitrogens is 2. The second kappa shape index (κ2) is 2.92. The number of hydrogen-bond acceptors (Lipinski definition) is 1. The van der Waals surface area contributed by atoms with Gasteiger partial charge in [0.1, 0.15) is 0 Å². The summed E-state index contributed by atoms with van der Waals surface area (Å²) < 4.78 is 2.27. The van der Waals surface area contributed by atoms with Crippen LogP contribution in [0.3, 0.4) is 0 Å². The van der Waals surface area contributed by atoms with Crippen LogP contribution in [0.1, 0.15) is 43.5 Å². The van der Waals surface area contributed by atoms with Crippen LogP contribution >= 0.6 is 0 Å². The first-order valence-corrected chi connectivity index (χ1v) is 4.84. The summed E-state index contributed by atoms with van der Waals surface area (Å²) in [5.74, 6) is 0.795. The molecular weight excluding hydrogens is 148 g/mol. The van der Waals surface area contributed by atoms with Crippen LogP contribution in [0.2, 0.25) is 0 Å². The Labute approximate surface area is 73.6 Å². The third-order valence-electron chi connectivity index (χ3n) is 2.57. The fraction of sp³-hybridized carbons (Fsp3) is 0.700. The Morgan fingerprint density at radius 1 is 1.58 bits per heavy atom. The minimum Gasteiger partial charge on any atom is -0.335 e. The van der Waals surface area contributed by atoms with Crippen molar-refractivity contribution in [2.24, 2.45) is 0 Å². The molecule has 0 aromatic carbocycles. The molecule has 2 nitrogen and oxygen atoms in total. The van der Waals surface area contributed by atoms with Gasteiger partial charge in [0, 0.05) is 18.2 Å². The molecule has 0 unspecified atom stereocenters. The molecule has 1 fully saturated rings. The molecule has 0 radical (unpaired) electrons. The molecule has 0 bridgehead atoms. The third kappa shape index (κ3) is 1.26. The molecule has 0 saturated heterocycles. The lowest BCUT2D eigenvalue weighted by Crippen LogP contribution is -1.97. The van der Waals surface area contributed by atoms with Crippen LogP contribution in [0, 0.1) is 6.92 Å². The highest BCUT2D eigenvalue weighted by Crippen LogP contribution is 2.40. The molecule has 1 aromatic heterocycles. The van der Waals surface area contributed by atoms with Crippen LogP contribution in [0.4, 0.5) is 0 Å². The summed E-state index contributed by atoms with van der Waals surface area (Å²) in [6, 6.07) is 0. The lowest BCUT2D eigenvalue weighted by Gasteiger charge is -2.02. The van der Waals surface area contributed by atoms with Crippen LogP contribution in [-0.4, -0.2) is 9.55 Å². The second-order valence-electron chi connectivity index (χ2n) is 3.68. The molecule has 1 heterocycles. The molecule has 1 aliphatic carbocycles. The Morgan fingerprint density at radius 2 is 2.33 bits per heavy atom. The Kier molecular flexibility index (Phi) is 1.91. The number of rotatable bonds is 3. The van der Waals surface area contributed by atoms with E-state index in [9.17, 15) is 0 Å². The molecule has 0 atom stereocenters. The van der Waals surface area contributed by atoms with E-state index in [1.807, 2.05) is 6.33 Å². The third-order valence-corrected chi connectivity index (χ3v) is 2.57. The maximum Gasteiger partial charge on any atom is 0.0951 e. The van der Waals surface area contributed by atoms with Crippen LogP contribution in [0.15, 0.2) is 6.33 Å². The maximum atomic E-state index is 4.46. The molecule has 1 saturated carbocycles. The average Bonchev–Trinajstić information content (AvgIpc) is 2.82. The van der Waals surface area contributed by atoms with Crippen molar-refractivity contribution in [1.29, 1.82) is 0 Å². The van der Waals surface area contributed by atoms with Crippen molar-refractivity contribution in [1.82, 2.24) is 9.55 Å². The molecule has 0 amide bonds. The van der Waals surface area contributed by atoms with Gasteiger partial charge >= 0.3 is 0 Å². The van der Waals surface area contributed by atoms with Crippen molar-refractivity contribution in [3.05, 3.63) is 17.7 Å². The molecule has 0 spiro atoms. The van der Waals surface area contributed by atoms with Gasteiger partial charge in [0.25, 0.3) is 0 Å². The fourth-order valence-electron chi connectivity index (χ4n) is 1.68. The van der Waals surface area contributed by atoms with E-state index in [-0.39, 0.29) is 0 Å². The van der Waals surface area contributed by atoms with Gasteiger partial charge in [-0.1, -0.05) is 6.92 Å². The first-order valence-electron chi connectivity index (χ1n) is 4.84. The summed E-state index contributed by atoms with van der Waals surface area (Å²) in [5, 5.41) is 0. The molecule has 12 heavy (non-hydrogen) atoms. The van der Waals surface area contributed by atoms with E-state index in [0.29, 0.717) is 0 Å². The summed E-state index contributed by atoms with van der Waals surface area (Å²) >= 11 is 0. The first-order chi connectivity index (χ1) is 5.83. The zero-order chi connectivity index (χ0) is 8.55. The molecule has 2 rings (SSSR count). The largest absolute Gasteiger partial charge is 0.335 e. The van der Waals surface area contributed by atoms with Crippen LogP contribution in [0.25, 0.3) is 0 Å². The second-order valence-corrected chi connectivity index (χ2v) is 3.68. The van der Waals surface area contributed by atoms with Crippen molar-refractivity contribution in [3.8, 4) is 0 Å². The van der Waals surface area contributed by atoms with Crippen LogP contribution < -0.4 is 0 Å². The average molecular weight is 164 g/mol. The van der Waals surface area contributed by atoms with E-state index >= 15 is 0 Å². The lowest BCUT2D eigenvalue weighted by molar-refractivity contribution is 0.660. The normalized spacial score (nSPS) is 16.8. The molecule has 0 N–H and O–H groups in total. The Bertz CT molecular complexity index is 271. The monoisotopic (exact) mass is 164 g/mol. The van der Waals surface area contributed by atoms with E-state index in [0.717, 1.165) is 12.5 Å². The number of imidazole rings is 1. The Morgan fingerprint density at radius 3 is 2.92 bits per heavy atom. The SMILES string of the molecule is CCCn1cnc(C2CC2)c1C. The highest BCUT2D eigenvalue weighted by atomic mass is 15.1. The molecule has 66 valence electrons. The Balaban J connectivity index is 2.21. The number of nitrogens with zero attached hydrogens (tertiary/aromatic N) is 2. The summed E-state index contributed by atoms with van der Waals surface area (Å²) in [5.41, 5.74) is 2.74. The van der Waals surface area contributed by atoms with Gasteiger partial charge in [-0.05, 0) is 26.2 Å². The van der Waals surface area contributed by atoms with Crippen molar-refractivity contribution >= 4 is 0 Å². The standard InChI is InChI=1S/C10H16N2/c1-3-6-12-7-11-10(8(12)2)9-4-5-9/h7,9H,3-6H2,1-2H3. The molecular formula is C10H16N2. The van der Waals surface area contributed by atoms with Crippen molar-refractivity contribution < 1.29 is 0 Å². The molecule has 0 aliphatic heterocycles. The minimum absolute atomic E-state index is 0.795. The van der Waals surface area contributed by atoms with E-state index in [1.165, 1.54) is 30.7 Å². The predicted molar refractivity (Wildman–Crippen MR) is 49.2 cm³/mol. The summed E-state index contributed by atoms with van der Waals surface area (Å²) in [4.78, 5) is 4.46. The van der Waals surface area contributed by atoms with Gasteiger partial charge in [-0.25, -0.2) is 4.98 Å². The van der Waals surface area contributed by atoms with E-state index in [1.54, 1.807) is 0 Å². The highest BCUT2D eigenvalue weighted by molar-refractivity contribution is 5.20. The van der Waals surface area contributed by atoms with Gasteiger partial charge < -0.3 is 4.57 Å². The van der Waals surface area contributed by atoms with E-state index < -0.39 is 0 Å². The molecule has 1 aliphatic rings. The van der Waals surface area contributed by atoms with Gasteiger partial charge in [0.15, 0.2) is 0 Å². The summed E-state index contributed by atoms with van der Waals surface area (Å²) in [7, 11) is 0. The molecule has 1 aromatic rings. The molecule has 2 heteroatoms. The quantitative estimate of drug-likeness (QED) is 0.671. The lowest BCUT2D eigenvalue weighted by atomic mass is 10.2. The van der Waals surface area contributed by atoms with Crippen molar-refractivity contribution in [2.45, 2.75) is 45.6 Å². The summed E-state index contributed by atoms with van der Waals surface area (Å²) in [6.45, 7) is 5.51. The van der Waals surface area contributed by atoms with Gasteiger partial charge in [-0.3, -0.25) is 0 Å². The highest BCUT2D eigenvalue weighted by Gasteiger charge is 2.27. The predicted octanol–water partition coefficient (Wildman–Crippen LogP) is 2.48. The Hall–Kier alpha value is -0.790. The van der Waals surface area contributed by atoms with Crippen molar-refractivity contribution in [3.63, 3.8) is 0 Å². The number of aryl methyl sites for hydroxylation is 1. The van der Waals surface area contributed by atoms with Crippen LogP contribution in [0.5, 0.6) is 0 Å². The maximum absolute atomic E-state index is 4.46.